The summed E-state index contributed by atoms with van der Waals surface area (Å²) in [5, 5.41) is 0.830. The van der Waals surface area contributed by atoms with Crippen molar-refractivity contribution in [2.45, 2.75) is 113 Å². The van der Waals surface area contributed by atoms with E-state index in [1.165, 1.54) is 0 Å². The molecule has 1 atom stereocenters. The summed E-state index contributed by atoms with van der Waals surface area (Å²) >= 11 is 0. The van der Waals surface area contributed by atoms with E-state index in [0.717, 1.165) is 151 Å². The van der Waals surface area contributed by atoms with Crippen LogP contribution in [0.25, 0.3) is 34.1 Å². The zero-order valence-electron chi connectivity index (χ0n) is 82.7. The molecule has 1 unspecified atom stereocenters. The maximum atomic E-state index is 6.81. The van der Waals surface area contributed by atoms with Gasteiger partial charge < -0.3 is 78.7 Å². The van der Waals surface area contributed by atoms with E-state index in [0.29, 0.717) is 149 Å². The van der Waals surface area contributed by atoms with Gasteiger partial charge in [0.05, 0.1) is 11.1 Å². The van der Waals surface area contributed by atoms with Crippen LogP contribution in [0.5, 0.6) is 69.0 Å². The average molecular weight is 1970 g/mol. The van der Waals surface area contributed by atoms with Crippen LogP contribution in [0.15, 0.2) is 477 Å². The minimum atomic E-state index is -0.526. The molecule has 738 valence electrons. The Bertz CT molecular complexity index is 7550. The summed E-state index contributed by atoms with van der Waals surface area (Å²) in [6.45, 7) is 11.1. The summed E-state index contributed by atoms with van der Waals surface area (Å²) in [6, 6.07) is 154. The van der Waals surface area contributed by atoms with E-state index in [2.05, 4.69) is 85.8 Å². The van der Waals surface area contributed by atoms with Gasteiger partial charge in [-0.25, -0.2) is 4.42 Å². The fraction of sp³-hybridized carbons (Fsp3) is 0.129. The summed E-state index contributed by atoms with van der Waals surface area (Å²) in [4.78, 5) is 0. The zero-order valence-corrected chi connectivity index (χ0v) is 83.5. The van der Waals surface area contributed by atoms with Crippen molar-refractivity contribution < 1.29 is 83.1 Å². The van der Waals surface area contributed by atoms with E-state index < -0.39 is 6.10 Å². The highest BCUT2D eigenvalue weighted by molar-refractivity contribution is 5.88. The fourth-order valence-corrected chi connectivity index (χ4v) is 17.0. The molecule has 0 saturated carbocycles. The third-order valence-corrected chi connectivity index (χ3v) is 24.7. The summed E-state index contributed by atoms with van der Waals surface area (Å²) in [5.74, 6) is 10.8. The second-order valence-corrected chi connectivity index (χ2v) is 35.9. The molecule has 0 N–H and O–H groups in total. The van der Waals surface area contributed by atoms with Crippen LogP contribution in [-0.2, 0) is 95.2 Å². The molecule has 1 aromatic heterocycles. The Labute approximate surface area is 871 Å². The standard InChI is InChI=1S/2C44H38O5.C44H37O5.ClH/c3*1-32-24-40(46-29-34-16-8-3-9-17-34)38-27-43(48-31-36-20-12-5-13-21-36)44(49-41(38)25-32)37-22-23-39(45-28-33-14-6-2-7-15-33)42(26-37)47-30-35-18-10-4-11-19-35;/h2-26H,27-31H2,1H3;2-27,44H,28-31H2,1H3;2-27H,28-31H2,1H3;1H/q;;+1;/p-1. The van der Waals surface area contributed by atoms with Crippen molar-refractivity contribution in [2.75, 3.05) is 0 Å². The van der Waals surface area contributed by atoms with Crippen LogP contribution in [-0.4, -0.2) is 0 Å². The Balaban J connectivity index is 0.000000145. The van der Waals surface area contributed by atoms with Gasteiger partial charge in [0.2, 0.25) is 5.75 Å². The van der Waals surface area contributed by atoms with Gasteiger partial charge in [-0.2, -0.15) is 0 Å². The number of fused-ring (bicyclic) bond motifs is 3. The lowest BCUT2D eigenvalue weighted by molar-refractivity contribution is -0.0000335. The van der Waals surface area contributed by atoms with Crippen LogP contribution in [0.1, 0.15) is 112 Å². The number of ether oxygens (including phenoxy) is 14. The van der Waals surface area contributed by atoms with Gasteiger partial charge in [-0.05, 0) is 183 Å². The second-order valence-electron chi connectivity index (χ2n) is 35.9. The van der Waals surface area contributed by atoms with E-state index in [-0.39, 0.29) is 12.4 Å². The van der Waals surface area contributed by atoms with Crippen molar-refractivity contribution in [3.63, 3.8) is 0 Å². The molecule has 3 heterocycles. The molecule has 148 heavy (non-hydrogen) atoms. The summed E-state index contributed by atoms with van der Waals surface area (Å²) in [6.07, 6.45) is 2.03. The predicted octanol–water partition coefficient (Wildman–Crippen LogP) is 28.7. The molecule has 0 aliphatic carbocycles. The lowest BCUT2D eigenvalue weighted by Gasteiger charge is -2.29. The molecule has 0 amide bonds. The summed E-state index contributed by atoms with van der Waals surface area (Å²) in [7, 11) is 0. The first-order valence-electron chi connectivity index (χ1n) is 49.5. The van der Waals surface area contributed by atoms with E-state index in [1.54, 1.807) is 0 Å². The van der Waals surface area contributed by atoms with E-state index in [9.17, 15) is 0 Å². The molecule has 0 fully saturated rings. The maximum absolute atomic E-state index is 6.81. The highest BCUT2D eigenvalue weighted by Crippen LogP contribution is 2.49. The Morgan fingerprint density at radius 1 is 0.243 bits per heavy atom. The van der Waals surface area contributed by atoms with Gasteiger partial charge in [0.15, 0.2) is 46.4 Å². The number of allylic oxidation sites excluding steroid dienone is 1. The van der Waals surface area contributed by atoms with Crippen molar-refractivity contribution in [3.8, 4) is 80.3 Å². The molecular formula is C132H113ClO15. The van der Waals surface area contributed by atoms with Crippen molar-refractivity contribution in [1.82, 2.24) is 0 Å². The highest BCUT2D eigenvalue weighted by atomic mass is 35.5. The minimum Gasteiger partial charge on any atom is -1.00 e. The van der Waals surface area contributed by atoms with Crippen molar-refractivity contribution in [3.05, 3.63) is 578 Å². The molecule has 2 aliphatic rings. The summed E-state index contributed by atoms with van der Waals surface area (Å²) < 4.78 is 97.3. The van der Waals surface area contributed by atoms with Crippen molar-refractivity contribution in [1.29, 1.82) is 0 Å². The Morgan fingerprint density at radius 2 is 0.534 bits per heavy atom. The van der Waals surface area contributed by atoms with Crippen molar-refractivity contribution in [2.24, 2.45) is 0 Å². The van der Waals surface area contributed by atoms with E-state index in [4.69, 9.17) is 70.7 Å². The van der Waals surface area contributed by atoms with E-state index in [1.807, 2.05) is 402 Å². The average Bonchev–Trinajstić information content (AvgIpc) is 0.777. The first-order valence-corrected chi connectivity index (χ1v) is 49.5. The molecule has 15 nitrogen and oxygen atoms in total. The van der Waals surface area contributed by atoms with Crippen LogP contribution in [0.3, 0.4) is 0 Å². The molecule has 0 spiro atoms. The molecule has 0 radical (unpaired) electrons. The van der Waals surface area contributed by atoms with Crippen LogP contribution in [0, 0.1) is 20.8 Å². The van der Waals surface area contributed by atoms with Crippen molar-refractivity contribution >= 4 is 22.8 Å². The Hall–Kier alpha value is -17.7. The Kier molecular flexibility index (Phi) is 34.6. The van der Waals surface area contributed by atoms with Crippen LogP contribution in [0.2, 0.25) is 0 Å². The largest absolute Gasteiger partial charge is 1.00 e. The van der Waals surface area contributed by atoms with Crippen LogP contribution >= 0.6 is 0 Å². The summed E-state index contributed by atoms with van der Waals surface area (Å²) in [5.41, 5.74) is 21.0. The molecule has 16 heteroatoms. The van der Waals surface area contributed by atoms with Gasteiger partial charge in [-0.1, -0.05) is 370 Å². The number of rotatable bonds is 39. The number of aryl methyl sites for hydroxylation is 3. The SMILES string of the molecule is Cc1cc(OCc2ccccc2)c2c(c1)OC(c1ccc(OCc3ccccc3)c(OCc3ccccc3)c1)=C(OCc1ccccc1)C2.Cc1cc(OCc2ccccc2)c2c(c1)OC(c1ccc(OCc3ccccc3)c(OCc3ccccc3)c1)C(OCc1ccccc1)=C2.Cc1cc(OCc2ccccc2)c2cc(OCc3ccccc3)c(-c3ccc(OCc4ccccc4)c(OCc4ccccc4)c3)[o+]c2c1.[Cl-]. The molecule has 18 aromatic carbocycles. The van der Waals surface area contributed by atoms with Crippen LogP contribution < -0.4 is 69.2 Å². The van der Waals surface area contributed by atoms with Gasteiger partial charge in [-0.3, -0.25) is 0 Å². The van der Waals surface area contributed by atoms with Crippen LogP contribution in [0.4, 0.5) is 0 Å². The number of hydrogen-bond acceptors (Lipinski definition) is 14. The lowest BCUT2D eigenvalue weighted by Crippen LogP contribution is -3.00. The van der Waals surface area contributed by atoms with Gasteiger partial charge >= 0.3 is 11.3 Å². The molecular weight excluding hydrogens is 1860 g/mol. The normalized spacial score (nSPS) is 12.0. The quantitative estimate of drug-likeness (QED) is 0.0337. The van der Waals surface area contributed by atoms with Gasteiger partial charge in [-0.15, -0.1) is 0 Å². The number of hydrogen-bond donors (Lipinski definition) is 0. The lowest BCUT2D eigenvalue weighted by atomic mass is 9.99. The molecule has 0 bridgehead atoms. The third-order valence-electron chi connectivity index (χ3n) is 24.7. The fourth-order valence-electron chi connectivity index (χ4n) is 17.0. The Morgan fingerprint density at radius 3 is 0.926 bits per heavy atom. The first kappa shape index (κ1) is 100. The first-order chi connectivity index (χ1) is 72.5. The third kappa shape index (κ3) is 27.9. The maximum Gasteiger partial charge on any atom is 0.402 e. The monoisotopic (exact) mass is 1970 g/mol. The molecule has 2 aliphatic heterocycles. The van der Waals surface area contributed by atoms with Gasteiger partial charge in [0.1, 0.15) is 125 Å². The smallest absolute Gasteiger partial charge is 0.402 e. The van der Waals surface area contributed by atoms with Gasteiger partial charge in [0.25, 0.3) is 0 Å². The number of halogens is 1. The molecule has 19 aromatic rings. The number of benzene rings is 18. The van der Waals surface area contributed by atoms with Gasteiger partial charge in [0, 0.05) is 41.3 Å². The highest BCUT2D eigenvalue weighted by Gasteiger charge is 2.33. The molecule has 21 rings (SSSR count). The molecule has 0 saturated heterocycles. The second kappa shape index (κ2) is 51.0. The minimum absolute atomic E-state index is 0. The topological polar surface area (TPSA) is 141 Å². The van der Waals surface area contributed by atoms with E-state index >= 15 is 0 Å². The zero-order chi connectivity index (χ0) is 99.8. The predicted molar refractivity (Wildman–Crippen MR) is 579 cm³/mol.